The summed E-state index contributed by atoms with van der Waals surface area (Å²) < 4.78 is 0. The summed E-state index contributed by atoms with van der Waals surface area (Å²) in [7, 11) is 0. The Morgan fingerprint density at radius 1 is 1.24 bits per heavy atom. The van der Waals surface area contributed by atoms with E-state index in [1.165, 1.54) is 17.7 Å². The highest BCUT2D eigenvalue weighted by atomic mass is 35.5. The first kappa shape index (κ1) is 15.2. The Hall–Kier alpha value is 0.110. The SMILES string of the molecule is CCCSCC(NCC)c1ccc(Cl)c(Cl)c1. The largest absolute Gasteiger partial charge is 0.310 e. The van der Waals surface area contributed by atoms with E-state index < -0.39 is 0 Å². The van der Waals surface area contributed by atoms with Crippen LogP contribution < -0.4 is 5.32 Å². The van der Waals surface area contributed by atoms with Crippen LogP contribution in [0.3, 0.4) is 0 Å². The van der Waals surface area contributed by atoms with Gasteiger partial charge in [0.05, 0.1) is 10.0 Å². The first-order valence-electron chi connectivity index (χ1n) is 5.95. The molecule has 1 unspecified atom stereocenters. The summed E-state index contributed by atoms with van der Waals surface area (Å²) in [5.41, 5.74) is 1.21. The lowest BCUT2D eigenvalue weighted by Gasteiger charge is -2.18. The van der Waals surface area contributed by atoms with Crippen molar-refractivity contribution in [2.24, 2.45) is 0 Å². The maximum atomic E-state index is 6.05. The molecule has 0 bridgehead atoms. The Bertz CT molecular complexity index is 344. The third-order valence-electron chi connectivity index (χ3n) is 2.43. The van der Waals surface area contributed by atoms with E-state index in [-0.39, 0.29) is 0 Å². The molecule has 0 heterocycles. The van der Waals surface area contributed by atoms with Crippen molar-refractivity contribution in [3.63, 3.8) is 0 Å². The van der Waals surface area contributed by atoms with E-state index in [1.807, 2.05) is 30.0 Å². The molecule has 0 spiro atoms. The van der Waals surface area contributed by atoms with Crippen LogP contribution in [0.15, 0.2) is 18.2 Å². The number of hydrogen-bond donors (Lipinski definition) is 1. The van der Waals surface area contributed by atoms with Gasteiger partial charge in [-0.2, -0.15) is 11.8 Å². The van der Waals surface area contributed by atoms with Crippen molar-refractivity contribution >= 4 is 35.0 Å². The van der Waals surface area contributed by atoms with E-state index in [2.05, 4.69) is 19.2 Å². The minimum atomic E-state index is 0.353. The van der Waals surface area contributed by atoms with Gasteiger partial charge in [-0.3, -0.25) is 0 Å². The zero-order valence-corrected chi connectivity index (χ0v) is 12.6. The van der Waals surface area contributed by atoms with Crippen molar-refractivity contribution in [3.8, 4) is 0 Å². The second kappa shape index (κ2) is 8.25. The highest BCUT2D eigenvalue weighted by Gasteiger charge is 2.11. The summed E-state index contributed by atoms with van der Waals surface area (Å²) in [6, 6.07) is 6.23. The van der Waals surface area contributed by atoms with Crippen LogP contribution in [0.5, 0.6) is 0 Å². The Kier molecular flexibility index (Phi) is 7.36. The van der Waals surface area contributed by atoms with Crippen molar-refractivity contribution in [1.29, 1.82) is 0 Å². The molecule has 0 aromatic heterocycles. The van der Waals surface area contributed by atoms with Crippen LogP contribution in [0.4, 0.5) is 0 Å². The molecule has 0 amide bonds. The normalized spacial score (nSPS) is 12.7. The molecule has 0 aliphatic rings. The summed E-state index contributed by atoms with van der Waals surface area (Å²) in [4.78, 5) is 0. The molecular formula is C13H19Cl2NS. The summed E-state index contributed by atoms with van der Waals surface area (Å²) in [5, 5.41) is 4.73. The fourth-order valence-corrected chi connectivity index (χ4v) is 2.90. The predicted molar refractivity (Wildman–Crippen MR) is 80.5 cm³/mol. The number of rotatable bonds is 7. The van der Waals surface area contributed by atoms with E-state index >= 15 is 0 Å². The van der Waals surface area contributed by atoms with Crippen LogP contribution in [0, 0.1) is 0 Å². The van der Waals surface area contributed by atoms with Gasteiger partial charge in [-0.25, -0.2) is 0 Å². The maximum absolute atomic E-state index is 6.05. The standard InChI is InChI=1S/C13H19Cl2NS/c1-3-7-17-9-13(16-4-2)10-5-6-11(14)12(15)8-10/h5-6,8,13,16H,3-4,7,9H2,1-2H3. The van der Waals surface area contributed by atoms with Crippen LogP contribution in [-0.4, -0.2) is 18.1 Å². The third-order valence-corrected chi connectivity index (χ3v) is 4.43. The molecule has 1 aromatic rings. The van der Waals surface area contributed by atoms with Crippen molar-refractivity contribution in [2.45, 2.75) is 26.3 Å². The molecule has 1 nitrogen and oxygen atoms in total. The topological polar surface area (TPSA) is 12.0 Å². The van der Waals surface area contributed by atoms with Crippen LogP contribution in [0.2, 0.25) is 10.0 Å². The lowest BCUT2D eigenvalue weighted by molar-refractivity contribution is 0.606. The molecule has 0 aliphatic heterocycles. The van der Waals surface area contributed by atoms with Gasteiger partial charge in [0.2, 0.25) is 0 Å². The molecule has 1 rings (SSSR count). The van der Waals surface area contributed by atoms with Crippen molar-refractivity contribution < 1.29 is 0 Å². The molecular weight excluding hydrogens is 273 g/mol. The fraction of sp³-hybridized carbons (Fsp3) is 0.538. The lowest BCUT2D eigenvalue weighted by Crippen LogP contribution is -2.23. The minimum Gasteiger partial charge on any atom is -0.310 e. The number of nitrogens with one attached hydrogen (secondary N) is 1. The van der Waals surface area contributed by atoms with Gasteiger partial charge in [-0.1, -0.05) is 43.1 Å². The second-order valence-corrected chi connectivity index (χ2v) is 5.82. The highest BCUT2D eigenvalue weighted by molar-refractivity contribution is 7.99. The molecule has 0 fully saturated rings. The zero-order chi connectivity index (χ0) is 12.7. The van der Waals surface area contributed by atoms with Gasteiger partial charge in [0, 0.05) is 11.8 Å². The van der Waals surface area contributed by atoms with Crippen LogP contribution in [-0.2, 0) is 0 Å². The first-order chi connectivity index (χ1) is 8.19. The quantitative estimate of drug-likeness (QED) is 0.725. The lowest BCUT2D eigenvalue weighted by atomic mass is 10.1. The summed E-state index contributed by atoms with van der Waals surface area (Å²) >= 11 is 14.0. The Morgan fingerprint density at radius 3 is 2.59 bits per heavy atom. The molecule has 4 heteroatoms. The Balaban J connectivity index is 2.70. The first-order valence-corrected chi connectivity index (χ1v) is 7.86. The van der Waals surface area contributed by atoms with Crippen LogP contribution in [0.25, 0.3) is 0 Å². The van der Waals surface area contributed by atoms with Crippen LogP contribution >= 0.6 is 35.0 Å². The van der Waals surface area contributed by atoms with Crippen LogP contribution in [0.1, 0.15) is 31.9 Å². The van der Waals surface area contributed by atoms with Gasteiger partial charge in [0.15, 0.2) is 0 Å². The van der Waals surface area contributed by atoms with Gasteiger partial charge < -0.3 is 5.32 Å². The minimum absolute atomic E-state index is 0.353. The number of halogens is 2. The maximum Gasteiger partial charge on any atom is 0.0595 e. The predicted octanol–water partition coefficient (Wildman–Crippen LogP) is 4.79. The van der Waals surface area contributed by atoms with E-state index in [1.54, 1.807) is 0 Å². The molecule has 0 saturated carbocycles. The van der Waals surface area contributed by atoms with E-state index in [4.69, 9.17) is 23.2 Å². The zero-order valence-electron chi connectivity index (χ0n) is 10.3. The fourth-order valence-electron chi connectivity index (χ4n) is 1.59. The Labute approximate surface area is 118 Å². The number of hydrogen-bond acceptors (Lipinski definition) is 2. The van der Waals surface area contributed by atoms with Gasteiger partial charge >= 0.3 is 0 Å². The third kappa shape index (κ3) is 5.09. The molecule has 0 saturated heterocycles. The summed E-state index contributed by atoms with van der Waals surface area (Å²) in [6.45, 7) is 5.28. The Morgan fingerprint density at radius 2 is 2.00 bits per heavy atom. The average molecular weight is 292 g/mol. The van der Waals surface area contributed by atoms with Gasteiger partial charge in [-0.15, -0.1) is 0 Å². The van der Waals surface area contributed by atoms with Gasteiger partial charge in [0.25, 0.3) is 0 Å². The molecule has 0 aliphatic carbocycles. The van der Waals surface area contributed by atoms with E-state index in [0.717, 1.165) is 12.3 Å². The smallest absolute Gasteiger partial charge is 0.0595 e. The highest BCUT2D eigenvalue weighted by Crippen LogP contribution is 2.27. The molecule has 1 N–H and O–H groups in total. The summed E-state index contributed by atoms with van der Waals surface area (Å²) in [6.07, 6.45) is 1.21. The molecule has 1 atom stereocenters. The van der Waals surface area contributed by atoms with Crippen molar-refractivity contribution in [3.05, 3.63) is 33.8 Å². The second-order valence-electron chi connectivity index (χ2n) is 3.86. The number of thioether (sulfide) groups is 1. The van der Waals surface area contributed by atoms with E-state index in [9.17, 15) is 0 Å². The molecule has 96 valence electrons. The summed E-state index contributed by atoms with van der Waals surface area (Å²) in [5.74, 6) is 2.27. The van der Waals surface area contributed by atoms with Gasteiger partial charge in [0.1, 0.15) is 0 Å². The van der Waals surface area contributed by atoms with Crippen molar-refractivity contribution in [1.82, 2.24) is 5.32 Å². The van der Waals surface area contributed by atoms with Gasteiger partial charge in [-0.05, 0) is 36.4 Å². The molecule has 1 aromatic carbocycles. The van der Waals surface area contributed by atoms with Crippen molar-refractivity contribution in [2.75, 3.05) is 18.1 Å². The van der Waals surface area contributed by atoms with E-state index in [0.29, 0.717) is 16.1 Å². The average Bonchev–Trinajstić information content (AvgIpc) is 2.32. The monoisotopic (exact) mass is 291 g/mol. The molecule has 17 heavy (non-hydrogen) atoms. The molecule has 0 radical (unpaired) electrons. The number of benzene rings is 1.